The fourth-order valence-corrected chi connectivity index (χ4v) is 10.5. The molecular formula is C33H63N5O2. The lowest BCUT2D eigenvalue weighted by molar-refractivity contribution is -0.167. The van der Waals surface area contributed by atoms with E-state index in [0.717, 1.165) is 39.0 Å². The fraction of sp³-hybridized carbons (Fsp3) is 0.970. The third-order valence-corrected chi connectivity index (χ3v) is 12.5. The lowest BCUT2D eigenvalue weighted by atomic mass is 9.43. The third-order valence-electron chi connectivity index (χ3n) is 12.5. The Bertz CT molecular complexity index is 819. The zero-order valence-electron chi connectivity index (χ0n) is 26.5. The third kappa shape index (κ3) is 6.74. The number of carbonyl (C=O) groups is 1. The number of nitrogens with two attached hydrogens (primary N) is 2. The molecule has 4 fully saturated rings. The van der Waals surface area contributed by atoms with Crippen molar-refractivity contribution in [3.63, 3.8) is 0 Å². The highest BCUT2D eigenvalue weighted by Gasteiger charge is 2.62. The topological polar surface area (TPSA) is 117 Å². The van der Waals surface area contributed by atoms with E-state index in [1.807, 2.05) is 13.8 Å². The van der Waals surface area contributed by atoms with E-state index >= 15 is 0 Å². The maximum absolute atomic E-state index is 12.3. The van der Waals surface area contributed by atoms with Gasteiger partial charge in [0.15, 0.2) is 0 Å². The Morgan fingerprint density at radius 3 is 2.30 bits per heavy atom. The van der Waals surface area contributed by atoms with E-state index in [1.165, 1.54) is 44.9 Å². The van der Waals surface area contributed by atoms with E-state index in [0.29, 0.717) is 71.9 Å². The summed E-state index contributed by atoms with van der Waals surface area (Å²) in [5.41, 5.74) is 12.2. The molecule has 0 spiro atoms. The molecule has 1 amide bonds. The lowest BCUT2D eigenvalue weighted by Crippen LogP contribution is -2.59. The van der Waals surface area contributed by atoms with Crippen LogP contribution in [0.1, 0.15) is 98.8 Å². The van der Waals surface area contributed by atoms with Crippen molar-refractivity contribution in [2.45, 2.75) is 117 Å². The molecule has 4 rings (SSSR count). The highest BCUT2D eigenvalue weighted by atomic mass is 16.3. The van der Waals surface area contributed by atoms with Crippen LogP contribution in [0.2, 0.25) is 0 Å². The molecule has 4 saturated carbocycles. The Morgan fingerprint density at radius 1 is 0.950 bits per heavy atom. The molecule has 7 heteroatoms. The van der Waals surface area contributed by atoms with Gasteiger partial charge < -0.3 is 27.2 Å². The van der Waals surface area contributed by atoms with E-state index < -0.39 is 0 Å². The van der Waals surface area contributed by atoms with Crippen LogP contribution in [0.25, 0.3) is 0 Å². The quantitative estimate of drug-likeness (QED) is 0.234. The summed E-state index contributed by atoms with van der Waals surface area (Å²) in [5.74, 6) is 3.76. The molecular weight excluding hydrogens is 498 g/mol. The second-order valence-corrected chi connectivity index (χ2v) is 15.1. The first-order valence-corrected chi connectivity index (χ1v) is 16.9. The van der Waals surface area contributed by atoms with E-state index in [9.17, 15) is 9.90 Å². The molecule has 40 heavy (non-hydrogen) atoms. The molecule has 232 valence electrons. The molecule has 0 aromatic carbocycles. The zero-order chi connectivity index (χ0) is 29.1. The van der Waals surface area contributed by atoms with Gasteiger partial charge >= 0.3 is 0 Å². The Labute approximate surface area is 245 Å². The van der Waals surface area contributed by atoms with Crippen molar-refractivity contribution < 1.29 is 9.90 Å². The highest BCUT2D eigenvalue weighted by molar-refractivity contribution is 5.76. The smallest absolute Gasteiger partial charge is 0.220 e. The van der Waals surface area contributed by atoms with Crippen LogP contribution in [0.15, 0.2) is 0 Å². The summed E-state index contributed by atoms with van der Waals surface area (Å²) < 4.78 is 0. The Morgan fingerprint density at radius 2 is 1.62 bits per heavy atom. The molecule has 4 aliphatic carbocycles. The van der Waals surface area contributed by atoms with Gasteiger partial charge in [-0.2, -0.15) is 0 Å². The van der Waals surface area contributed by atoms with E-state index in [-0.39, 0.29) is 18.1 Å². The molecule has 0 radical (unpaired) electrons. The van der Waals surface area contributed by atoms with Gasteiger partial charge in [0, 0.05) is 57.8 Å². The van der Waals surface area contributed by atoms with Crippen LogP contribution < -0.4 is 22.1 Å². The number of fused-ring (bicyclic) bond motifs is 5. The van der Waals surface area contributed by atoms with Crippen LogP contribution in [-0.4, -0.2) is 73.4 Å². The van der Waals surface area contributed by atoms with Gasteiger partial charge in [0.2, 0.25) is 5.91 Å². The first-order valence-electron chi connectivity index (χ1n) is 16.9. The molecule has 0 heterocycles. The molecule has 7 N–H and O–H groups in total. The number of amides is 1. The number of hydrogen-bond acceptors (Lipinski definition) is 6. The second kappa shape index (κ2) is 13.7. The fourth-order valence-electron chi connectivity index (χ4n) is 10.5. The summed E-state index contributed by atoms with van der Waals surface area (Å²) in [6.45, 7) is 16.8. The Balaban J connectivity index is 1.35. The average Bonchev–Trinajstić information content (AvgIpc) is 3.25. The minimum Gasteiger partial charge on any atom is -0.393 e. The predicted molar refractivity (Wildman–Crippen MR) is 165 cm³/mol. The molecule has 4 aliphatic rings. The number of aliphatic hydroxyl groups excluding tert-OH is 1. The highest BCUT2D eigenvalue weighted by Crippen LogP contribution is 2.68. The summed E-state index contributed by atoms with van der Waals surface area (Å²) in [5, 5.41) is 18.7. The van der Waals surface area contributed by atoms with Crippen molar-refractivity contribution in [2.75, 3.05) is 39.3 Å². The molecule has 0 saturated heterocycles. The Hall–Kier alpha value is -0.730. The maximum Gasteiger partial charge on any atom is 0.220 e. The Kier molecular flexibility index (Phi) is 11.0. The summed E-state index contributed by atoms with van der Waals surface area (Å²) in [4.78, 5) is 14.7. The number of nitrogens with zero attached hydrogens (tertiary/aromatic N) is 1. The van der Waals surface area contributed by atoms with Crippen LogP contribution >= 0.6 is 0 Å². The number of nitrogens with one attached hydrogen (secondary N) is 2. The largest absolute Gasteiger partial charge is 0.393 e. The molecule has 7 nitrogen and oxygen atoms in total. The van der Waals surface area contributed by atoms with Crippen molar-refractivity contribution >= 4 is 5.91 Å². The molecule has 0 aromatic rings. The van der Waals surface area contributed by atoms with Gasteiger partial charge in [0.1, 0.15) is 0 Å². The van der Waals surface area contributed by atoms with E-state index in [2.05, 4.69) is 36.3 Å². The van der Waals surface area contributed by atoms with Crippen molar-refractivity contribution in [3.05, 3.63) is 0 Å². The predicted octanol–water partition coefficient (Wildman–Crippen LogP) is 3.73. The van der Waals surface area contributed by atoms with Gasteiger partial charge in [0.05, 0.1) is 6.10 Å². The van der Waals surface area contributed by atoms with Crippen LogP contribution in [-0.2, 0) is 4.79 Å². The van der Waals surface area contributed by atoms with Gasteiger partial charge in [0.25, 0.3) is 0 Å². The number of rotatable bonds is 13. The van der Waals surface area contributed by atoms with Gasteiger partial charge in [-0.3, -0.25) is 9.69 Å². The summed E-state index contributed by atoms with van der Waals surface area (Å²) in [7, 11) is 0. The first-order chi connectivity index (χ1) is 19.0. The number of aliphatic hydroxyl groups is 1. The van der Waals surface area contributed by atoms with Crippen LogP contribution in [0.3, 0.4) is 0 Å². The molecule has 10 atom stereocenters. The van der Waals surface area contributed by atoms with Gasteiger partial charge in [-0.25, -0.2) is 0 Å². The van der Waals surface area contributed by atoms with Crippen LogP contribution in [0.5, 0.6) is 0 Å². The maximum atomic E-state index is 12.3. The lowest BCUT2D eigenvalue weighted by Gasteiger charge is -2.62. The van der Waals surface area contributed by atoms with Crippen molar-refractivity contribution in [2.24, 2.45) is 57.8 Å². The molecule has 0 aliphatic heterocycles. The first kappa shape index (κ1) is 32.2. The van der Waals surface area contributed by atoms with Crippen molar-refractivity contribution in [3.8, 4) is 0 Å². The monoisotopic (exact) mass is 561 g/mol. The summed E-state index contributed by atoms with van der Waals surface area (Å²) >= 11 is 0. The number of hydrogen-bond donors (Lipinski definition) is 5. The van der Waals surface area contributed by atoms with Gasteiger partial charge in [-0.15, -0.1) is 0 Å². The molecule has 0 bridgehead atoms. The van der Waals surface area contributed by atoms with Crippen LogP contribution in [0.4, 0.5) is 0 Å². The van der Waals surface area contributed by atoms with Crippen molar-refractivity contribution in [1.82, 2.24) is 15.5 Å². The standard InChI is InChI=1S/C33H63N5O2/c1-22(2)37-30(40)9-6-23(3)26-7-8-27-31-28(11-13-33(26,27)5)32(4)12-10-25(20-24(32)21-29(31)39)36-16-19-38(17-14-34)18-15-35/h22-29,31,36,39H,6-21,34-35H2,1-5H3,(H,37,40)/t23-,24?,25+,26?,27?,28?,29-,31?,32+,33-/m1/s1. The molecule has 5 unspecified atom stereocenters. The normalized spacial score (nSPS) is 40.0. The summed E-state index contributed by atoms with van der Waals surface area (Å²) in [6, 6.07) is 0.765. The summed E-state index contributed by atoms with van der Waals surface area (Å²) in [6.07, 6.45) is 11.2. The average molecular weight is 562 g/mol. The van der Waals surface area contributed by atoms with E-state index in [1.54, 1.807) is 0 Å². The van der Waals surface area contributed by atoms with E-state index in [4.69, 9.17) is 11.5 Å². The minimum absolute atomic E-state index is 0.165. The SMILES string of the molecule is CC(C)NC(=O)CC[C@@H](C)C1CCC2C3C(CC[C@@]21C)[C@@]1(C)CC[C@H](NCCN(CCN)CCN)CC1C[C@H]3O. The van der Waals surface area contributed by atoms with Gasteiger partial charge in [-0.1, -0.05) is 20.8 Å². The second-order valence-electron chi connectivity index (χ2n) is 15.1. The van der Waals surface area contributed by atoms with Crippen LogP contribution in [0, 0.1) is 46.3 Å². The number of carbonyl (C=O) groups excluding carboxylic acids is 1. The molecule has 0 aromatic heterocycles. The zero-order valence-corrected chi connectivity index (χ0v) is 26.5. The van der Waals surface area contributed by atoms with Crippen molar-refractivity contribution in [1.29, 1.82) is 0 Å². The minimum atomic E-state index is -0.165. The van der Waals surface area contributed by atoms with Gasteiger partial charge in [-0.05, 0) is 118 Å².